The minimum absolute atomic E-state index is 0.434. The van der Waals surface area contributed by atoms with Crippen LogP contribution >= 0.6 is 14.4 Å². The van der Waals surface area contributed by atoms with Crippen LogP contribution in [0.4, 0.5) is 0 Å². The number of nitrogens with zero attached hydrogens (tertiary/aromatic N) is 3. The quantitative estimate of drug-likeness (QED) is 0.109. The molecule has 0 saturated heterocycles. The van der Waals surface area contributed by atoms with E-state index < -0.39 is 20.5 Å². The van der Waals surface area contributed by atoms with E-state index in [2.05, 4.69) is 72.8 Å². The van der Waals surface area contributed by atoms with Gasteiger partial charge in [0.1, 0.15) is 48.9 Å². The fraction of sp³-hybridized carbons (Fsp3) is 0.178. The molecule has 11 heteroatoms. The van der Waals surface area contributed by atoms with Crippen molar-refractivity contribution in [2.75, 3.05) is 42.7 Å². The molecule has 1 aliphatic heterocycles. The molecule has 0 radical (unpaired) electrons. The molecular weight excluding hydrogens is 740 g/mol. The number of rotatable bonds is 13. The lowest BCUT2D eigenvalue weighted by Crippen LogP contribution is -2.25. The first-order valence-electron chi connectivity index (χ1n) is 18.1. The molecule has 0 saturated carbocycles. The van der Waals surface area contributed by atoms with Crippen molar-refractivity contribution in [3.8, 4) is 34.5 Å². The summed E-state index contributed by atoms with van der Waals surface area (Å²) in [5, 5.41) is 3.86. The Morgan fingerprint density at radius 1 is 0.393 bits per heavy atom. The standard InChI is InChI=1S/C45H45N3O6P2/c1-49-34-11-7-32(8-12-34)31-44-45(33-9-13-35(50-2)14-10-33)47-56(42-27-19-38(53-5)20-28-42,43-29-21-39(54-6)22-30-43)48-55(46-44,40-23-15-36(51-3)16-24-40)41-25-17-37(52-4)18-26-41/h7-30,44H,31H2,1-6H3. The first-order valence-corrected chi connectivity index (χ1v) is 21.5. The molecule has 1 aliphatic rings. The third kappa shape index (κ3) is 7.70. The van der Waals surface area contributed by atoms with Crippen molar-refractivity contribution in [1.29, 1.82) is 0 Å². The van der Waals surface area contributed by atoms with Crippen molar-refractivity contribution in [1.82, 2.24) is 0 Å². The summed E-state index contributed by atoms with van der Waals surface area (Å²) < 4.78 is 52.1. The van der Waals surface area contributed by atoms with E-state index in [4.69, 9.17) is 42.4 Å². The van der Waals surface area contributed by atoms with Gasteiger partial charge in [0.25, 0.3) is 0 Å². The molecule has 1 atom stereocenters. The van der Waals surface area contributed by atoms with E-state index in [0.29, 0.717) is 6.42 Å². The Hall–Kier alpha value is -5.75. The molecule has 0 N–H and O–H groups in total. The molecule has 0 amide bonds. The first-order chi connectivity index (χ1) is 27.4. The second-order valence-electron chi connectivity index (χ2n) is 13.0. The highest BCUT2D eigenvalue weighted by atomic mass is 31.2. The van der Waals surface area contributed by atoms with Gasteiger partial charge in [-0.1, -0.05) is 12.1 Å². The van der Waals surface area contributed by atoms with Crippen LogP contribution in [0.25, 0.3) is 0 Å². The van der Waals surface area contributed by atoms with Gasteiger partial charge in [-0.3, -0.25) is 4.74 Å². The summed E-state index contributed by atoms with van der Waals surface area (Å²) in [6.45, 7) is 0. The fourth-order valence-corrected chi connectivity index (χ4v) is 14.8. The molecule has 1 unspecified atom stereocenters. The normalized spacial score (nSPS) is 15.5. The lowest BCUT2D eigenvalue weighted by molar-refractivity contribution is 0.414. The van der Waals surface area contributed by atoms with Gasteiger partial charge in [0.2, 0.25) is 0 Å². The topological polar surface area (TPSA) is 92.5 Å². The molecule has 1 heterocycles. The van der Waals surface area contributed by atoms with Crippen molar-refractivity contribution in [2.24, 2.45) is 14.0 Å². The maximum atomic E-state index is 6.23. The predicted octanol–water partition coefficient (Wildman–Crippen LogP) is 8.69. The SMILES string of the molecule is COc1ccc(CC2N=P(c3ccc(OC)cc3)(c3ccc(OC)cc3)N=P(c3ccc(OC)cc3)(c3ccc(OC)cc3)N=C2c2ccc(OC)cc2)cc1. The van der Waals surface area contributed by atoms with Crippen LogP contribution in [0.15, 0.2) is 160 Å². The fourth-order valence-electron chi connectivity index (χ4n) is 6.76. The van der Waals surface area contributed by atoms with Crippen molar-refractivity contribution in [2.45, 2.75) is 12.5 Å². The van der Waals surface area contributed by atoms with Crippen LogP contribution in [-0.4, -0.2) is 54.4 Å². The van der Waals surface area contributed by atoms with Crippen LogP contribution in [-0.2, 0) is 6.42 Å². The molecule has 0 fully saturated rings. The maximum absolute atomic E-state index is 6.23. The first kappa shape index (κ1) is 38.5. The van der Waals surface area contributed by atoms with Crippen LogP contribution in [0, 0.1) is 0 Å². The Bertz CT molecular complexity index is 2290. The van der Waals surface area contributed by atoms with Gasteiger partial charge in [0, 0.05) is 27.6 Å². The second-order valence-corrected chi connectivity index (χ2v) is 18.6. The van der Waals surface area contributed by atoms with Crippen molar-refractivity contribution in [3.63, 3.8) is 0 Å². The monoisotopic (exact) mass is 785 g/mol. The zero-order valence-corrected chi connectivity index (χ0v) is 34.1. The van der Waals surface area contributed by atoms with Gasteiger partial charge < -0.3 is 28.4 Å². The molecule has 0 aromatic heterocycles. The van der Waals surface area contributed by atoms with Crippen molar-refractivity contribution >= 4 is 41.3 Å². The molecule has 6 aromatic rings. The molecular formula is C45H45N3O6P2. The molecule has 9 nitrogen and oxygen atoms in total. The minimum atomic E-state index is -3.14. The van der Waals surface area contributed by atoms with E-state index in [1.54, 1.807) is 42.7 Å². The minimum Gasteiger partial charge on any atom is -0.497 e. The Balaban J connectivity index is 1.67. The summed E-state index contributed by atoms with van der Waals surface area (Å²) in [5.74, 6) is 4.50. The molecule has 6 aromatic carbocycles. The largest absolute Gasteiger partial charge is 0.497 e. The third-order valence-corrected chi connectivity index (χ3v) is 17.1. The molecule has 56 heavy (non-hydrogen) atoms. The van der Waals surface area contributed by atoms with Crippen molar-refractivity contribution < 1.29 is 28.4 Å². The highest BCUT2D eigenvalue weighted by molar-refractivity contribution is 7.90. The summed E-state index contributed by atoms with van der Waals surface area (Å²) >= 11 is 0. The summed E-state index contributed by atoms with van der Waals surface area (Å²) in [4.78, 5) is 0. The second kappa shape index (κ2) is 16.9. The van der Waals surface area contributed by atoms with Gasteiger partial charge in [0.05, 0.1) is 54.4 Å². The van der Waals surface area contributed by atoms with Gasteiger partial charge in [0.15, 0.2) is 0 Å². The van der Waals surface area contributed by atoms with E-state index in [9.17, 15) is 0 Å². The highest BCUT2D eigenvalue weighted by Crippen LogP contribution is 2.65. The van der Waals surface area contributed by atoms with Crippen LogP contribution < -0.4 is 49.6 Å². The van der Waals surface area contributed by atoms with E-state index >= 15 is 0 Å². The summed E-state index contributed by atoms with van der Waals surface area (Å²) in [6, 6.07) is 48.5. The average Bonchev–Trinajstić information content (AvgIpc) is 3.43. The van der Waals surface area contributed by atoms with E-state index in [0.717, 1.165) is 72.6 Å². The zero-order valence-electron chi connectivity index (χ0n) is 32.3. The van der Waals surface area contributed by atoms with Gasteiger partial charge >= 0.3 is 0 Å². The Labute approximate surface area is 329 Å². The number of ether oxygens (including phenoxy) is 6. The van der Waals surface area contributed by atoms with E-state index in [1.807, 2.05) is 72.8 Å². The molecule has 0 aliphatic carbocycles. The Morgan fingerprint density at radius 2 is 0.696 bits per heavy atom. The van der Waals surface area contributed by atoms with E-state index in [-0.39, 0.29) is 0 Å². The average molecular weight is 786 g/mol. The van der Waals surface area contributed by atoms with Gasteiger partial charge in [-0.2, -0.15) is 0 Å². The zero-order chi connectivity index (χ0) is 39.1. The lowest BCUT2D eigenvalue weighted by atomic mass is 9.97. The van der Waals surface area contributed by atoms with Crippen molar-refractivity contribution in [3.05, 3.63) is 157 Å². The Kier molecular flexibility index (Phi) is 11.7. The van der Waals surface area contributed by atoms with E-state index in [1.165, 1.54) is 0 Å². The van der Waals surface area contributed by atoms with Gasteiger partial charge in [-0.25, -0.2) is 9.28 Å². The highest BCUT2D eigenvalue weighted by Gasteiger charge is 2.38. The van der Waals surface area contributed by atoms with Crippen LogP contribution in [0.5, 0.6) is 34.5 Å². The molecule has 0 spiro atoms. The third-order valence-electron chi connectivity index (χ3n) is 9.84. The van der Waals surface area contributed by atoms with Gasteiger partial charge in [-0.05, 0) is 145 Å². The smallest absolute Gasteiger partial charge is 0.137 e. The van der Waals surface area contributed by atoms with Gasteiger partial charge in [-0.15, -0.1) is 0 Å². The maximum Gasteiger partial charge on any atom is 0.137 e. The predicted molar refractivity (Wildman–Crippen MR) is 229 cm³/mol. The number of benzene rings is 6. The molecule has 0 bridgehead atoms. The summed E-state index contributed by atoms with van der Waals surface area (Å²) in [7, 11) is 3.79. The lowest BCUT2D eigenvalue weighted by Gasteiger charge is -2.28. The van der Waals surface area contributed by atoms with Crippen LogP contribution in [0.2, 0.25) is 0 Å². The number of hydrogen-bond donors (Lipinski definition) is 0. The van der Waals surface area contributed by atoms with Crippen LogP contribution in [0.3, 0.4) is 0 Å². The number of methoxy groups -OCH3 is 6. The van der Waals surface area contributed by atoms with Crippen LogP contribution in [0.1, 0.15) is 11.1 Å². The molecule has 286 valence electrons. The number of hydrogen-bond acceptors (Lipinski definition) is 9. The summed E-state index contributed by atoms with van der Waals surface area (Å²) in [6.07, 6.45) is 0.559. The summed E-state index contributed by atoms with van der Waals surface area (Å²) in [5.41, 5.74) is 2.85. The Morgan fingerprint density at radius 3 is 1.04 bits per heavy atom. The molecule has 7 rings (SSSR count).